The van der Waals surface area contributed by atoms with Crippen LogP contribution in [-0.2, 0) is 7.05 Å². The molecule has 0 spiro atoms. The summed E-state index contributed by atoms with van der Waals surface area (Å²) in [6.45, 7) is 3.81. The number of hydrogen-bond donors (Lipinski definition) is 1. The molecule has 24 heavy (non-hydrogen) atoms. The molecular formula is C17H17ClN4O2. The van der Waals surface area contributed by atoms with Crippen LogP contribution in [0.4, 0.5) is 0 Å². The van der Waals surface area contributed by atoms with Crippen molar-refractivity contribution >= 4 is 17.5 Å². The number of aryl methyl sites for hydroxylation is 2. The van der Waals surface area contributed by atoms with Crippen molar-refractivity contribution in [2.45, 2.75) is 19.9 Å². The lowest BCUT2D eigenvalue weighted by atomic mass is 10.1. The van der Waals surface area contributed by atoms with E-state index in [1.807, 2.05) is 39.2 Å². The second-order valence-corrected chi connectivity index (χ2v) is 5.96. The molecule has 124 valence electrons. The Morgan fingerprint density at radius 3 is 2.79 bits per heavy atom. The van der Waals surface area contributed by atoms with Crippen LogP contribution in [0, 0.1) is 6.92 Å². The normalized spacial score (nSPS) is 12.2. The van der Waals surface area contributed by atoms with Crippen LogP contribution in [0.15, 0.2) is 41.3 Å². The number of carbonyl (C=O) groups is 1. The van der Waals surface area contributed by atoms with Crippen molar-refractivity contribution in [1.82, 2.24) is 20.1 Å². The summed E-state index contributed by atoms with van der Waals surface area (Å²) in [4.78, 5) is 16.7. The van der Waals surface area contributed by atoms with Gasteiger partial charge >= 0.3 is 0 Å². The fraction of sp³-hybridized carbons (Fsp3) is 0.235. The maximum absolute atomic E-state index is 12.6. The quantitative estimate of drug-likeness (QED) is 0.785. The van der Waals surface area contributed by atoms with Crippen molar-refractivity contribution in [2.75, 3.05) is 0 Å². The summed E-state index contributed by atoms with van der Waals surface area (Å²) in [6, 6.07) is 6.96. The lowest BCUT2D eigenvalue weighted by molar-refractivity contribution is 0.0935. The fourth-order valence-electron chi connectivity index (χ4n) is 2.63. The maximum atomic E-state index is 12.6. The van der Waals surface area contributed by atoms with E-state index < -0.39 is 0 Å². The SMILES string of the molecule is Cc1nn(C)cc1[C@@H](C)NC(=O)c1ncoc1-c1ccccc1Cl. The highest BCUT2D eigenvalue weighted by atomic mass is 35.5. The third-order valence-electron chi connectivity index (χ3n) is 3.77. The molecule has 0 aliphatic heterocycles. The molecule has 7 heteroatoms. The Hall–Kier alpha value is -2.60. The summed E-state index contributed by atoms with van der Waals surface area (Å²) in [5.74, 6) is 0.0302. The number of nitrogens with zero attached hydrogens (tertiary/aromatic N) is 3. The summed E-state index contributed by atoms with van der Waals surface area (Å²) < 4.78 is 7.12. The zero-order valence-electron chi connectivity index (χ0n) is 13.6. The molecule has 1 amide bonds. The van der Waals surface area contributed by atoms with Crippen molar-refractivity contribution in [3.63, 3.8) is 0 Å². The van der Waals surface area contributed by atoms with Crippen molar-refractivity contribution in [2.24, 2.45) is 7.05 Å². The first kappa shape index (κ1) is 16.3. The molecule has 2 heterocycles. The van der Waals surface area contributed by atoms with Crippen LogP contribution in [0.2, 0.25) is 5.02 Å². The molecule has 3 rings (SSSR count). The Kier molecular flexibility index (Phi) is 4.40. The molecule has 0 aliphatic rings. The Morgan fingerprint density at radius 1 is 1.38 bits per heavy atom. The molecular weight excluding hydrogens is 328 g/mol. The van der Waals surface area contributed by atoms with Gasteiger partial charge in [0.15, 0.2) is 17.8 Å². The van der Waals surface area contributed by atoms with Gasteiger partial charge in [0.25, 0.3) is 5.91 Å². The van der Waals surface area contributed by atoms with Crippen LogP contribution in [0.3, 0.4) is 0 Å². The number of rotatable bonds is 4. The molecule has 1 aromatic carbocycles. The maximum Gasteiger partial charge on any atom is 0.274 e. The zero-order valence-corrected chi connectivity index (χ0v) is 14.3. The number of halogens is 1. The van der Waals surface area contributed by atoms with Gasteiger partial charge in [0.05, 0.1) is 16.8 Å². The third kappa shape index (κ3) is 3.05. The molecule has 0 unspecified atom stereocenters. The van der Waals surface area contributed by atoms with Crippen LogP contribution < -0.4 is 5.32 Å². The smallest absolute Gasteiger partial charge is 0.274 e. The summed E-state index contributed by atoms with van der Waals surface area (Å²) in [5, 5.41) is 7.72. The molecule has 0 radical (unpaired) electrons. The van der Waals surface area contributed by atoms with Gasteiger partial charge in [0.1, 0.15) is 0 Å². The first-order valence-electron chi connectivity index (χ1n) is 7.46. The van der Waals surface area contributed by atoms with Crippen molar-refractivity contribution in [1.29, 1.82) is 0 Å². The van der Waals surface area contributed by atoms with Crippen LogP contribution >= 0.6 is 11.6 Å². The lowest BCUT2D eigenvalue weighted by Gasteiger charge is -2.12. The van der Waals surface area contributed by atoms with E-state index in [9.17, 15) is 4.79 Å². The molecule has 3 aromatic rings. The molecule has 6 nitrogen and oxygen atoms in total. The topological polar surface area (TPSA) is 73.0 Å². The Labute approximate surface area is 144 Å². The fourth-order valence-corrected chi connectivity index (χ4v) is 2.85. The minimum atomic E-state index is -0.325. The van der Waals surface area contributed by atoms with Crippen molar-refractivity contribution in [3.8, 4) is 11.3 Å². The predicted molar refractivity (Wildman–Crippen MR) is 90.8 cm³/mol. The summed E-state index contributed by atoms with van der Waals surface area (Å²) >= 11 is 6.19. The summed E-state index contributed by atoms with van der Waals surface area (Å²) in [5.41, 5.74) is 2.66. The number of nitrogens with one attached hydrogen (secondary N) is 1. The first-order valence-corrected chi connectivity index (χ1v) is 7.84. The Morgan fingerprint density at radius 2 is 2.12 bits per heavy atom. The van der Waals surface area contributed by atoms with Gasteiger partial charge in [-0.25, -0.2) is 4.98 Å². The first-order chi connectivity index (χ1) is 11.5. The van der Waals surface area contributed by atoms with E-state index in [2.05, 4.69) is 15.4 Å². The van der Waals surface area contributed by atoms with Gasteiger partial charge in [-0.05, 0) is 26.0 Å². The standard InChI is InChI=1S/C17H17ClN4O2/c1-10(13-8-22(3)21-11(13)2)20-17(23)15-16(24-9-19-15)12-6-4-5-7-14(12)18/h4-10H,1-3H3,(H,20,23)/t10-/m1/s1. The van der Waals surface area contributed by atoms with Gasteiger partial charge < -0.3 is 9.73 Å². The highest BCUT2D eigenvalue weighted by molar-refractivity contribution is 6.33. The predicted octanol–water partition coefficient (Wildman–Crippen LogP) is 3.53. The average Bonchev–Trinajstić information content (AvgIpc) is 3.14. The van der Waals surface area contributed by atoms with Crippen LogP contribution in [0.5, 0.6) is 0 Å². The largest absolute Gasteiger partial charge is 0.443 e. The minimum Gasteiger partial charge on any atom is -0.443 e. The van der Waals surface area contributed by atoms with Crippen LogP contribution in [-0.4, -0.2) is 20.7 Å². The molecule has 0 aliphatic carbocycles. The lowest BCUT2D eigenvalue weighted by Crippen LogP contribution is -2.27. The molecule has 0 saturated heterocycles. The molecule has 2 aromatic heterocycles. The van der Waals surface area contributed by atoms with E-state index in [0.717, 1.165) is 11.3 Å². The average molecular weight is 345 g/mol. The Bertz CT molecular complexity index is 884. The van der Waals surface area contributed by atoms with Gasteiger partial charge in [-0.3, -0.25) is 9.48 Å². The van der Waals surface area contributed by atoms with Crippen LogP contribution in [0.1, 0.15) is 34.7 Å². The molecule has 0 saturated carbocycles. The molecule has 1 atom stereocenters. The molecule has 0 fully saturated rings. The Balaban J connectivity index is 1.86. The van der Waals surface area contributed by atoms with Crippen molar-refractivity contribution in [3.05, 3.63) is 58.8 Å². The van der Waals surface area contributed by atoms with E-state index in [1.54, 1.807) is 16.8 Å². The second kappa shape index (κ2) is 6.49. The van der Waals surface area contributed by atoms with Gasteiger partial charge in [-0.15, -0.1) is 0 Å². The van der Waals surface area contributed by atoms with Crippen LogP contribution in [0.25, 0.3) is 11.3 Å². The van der Waals surface area contributed by atoms with E-state index >= 15 is 0 Å². The van der Waals surface area contributed by atoms with Crippen molar-refractivity contribution < 1.29 is 9.21 Å². The number of carbonyl (C=O) groups excluding carboxylic acids is 1. The minimum absolute atomic E-state index is 0.205. The summed E-state index contributed by atoms with van der Waals surface area (Å²) in [6.07, 6.45) is 3.13. The van der Waals surface area contributed by atoms with Gasteiger partial charge in [0, 0.05) is 24.4 Å². The number of hydrogen-bond acceptors (Lipinski definition) is 4. The number of benzene rings is 1. The number of amides is 1. The second-order valence-electron chi connectivity index (χ2n) is 5.55. The summed E-state index contributed by atoms with van der Waals surface area (Å²) in [7, 11) is 1.85. The number of oxazole rings is 1. The zero-order chi connectivity index (χ0) is 17.3. The monoisotopic (exact) mass is 344 g/mol. The molecule has 0 bridgehead atoms. The van der Waals surface area contributed by atoms with E-state index in [-0.39, 0.29) is 17.6 Å². The highest BCUT2D eigenvalue weighted by Gasteiger charge is 2.22. The molecule has 1 N–H and O–H groups in total. The van der Waals surface area contributed by atoms with E-state index in [4.69, 9.17) is 16.0 Å². The number of aromatic nitrogens is 3. The van der Waals surface area contributed by atoms with E-state index in [1.165, 1.54) is 6.39 Å². The highest BCUT2D eigenvalue weighted by Crippen LogP contribution is 2.30. The van der Waals surface area contributed by atoms with Gasteiger partial charge in [-0.2, -0.15) is 5.10 Å². The van der Waals surface area contributed by atoms with Gasteiger partial charge in [-0.1, -0.05) is 23.7 Å². The van der Waals surface area contributed by atoms with E-state index in [0.29, 0.717) is 16.3 Å². The van der Waals surface area contributed by atoms with Gasteiger partial charge in [0.2, 0.25) is 0 Å². The third-order valence-corrected chi connectivity index (χ3v) is 4.10.